The van der Waals surface area contributed by atoms with Gasteiger partial charge in [-0.2, -0.15) is 0 Å². The first-order valence-electron chi connectivity index (χ1n) is 7.25. The van der Waals surface area contributed by atoms with Crippen LogP contribution in [-0.4, -0.2) is 29.5 Å². The summed E-state index contributed by atoms with van der Waals surface area (Å²) in [5, 5.41) is 6.58. The Bertz CT molecular complexity index is 623. The van der Waals surface area contributed by atoms with Crippen molar-refractivity contribution in [2.45, 2.75) is 35.7 Å². The van der Waals surface area contributed by atoms with E-state index in [-0.39, 0.29) is 0 Å². The minimum absolute atomic E-state index is 0.573. The molecule has 0 atom stereocenters. The van der Waals surface area contributed by atoms with E-state index in [1.807, 2.05) is 11.8 Å². The number of para-hydroxylation sites is 1. The summed E-state index contributed by atoms with van der Waals surface area (Å²) >= 11 is 1.87. The van der Waals surface area contributed by atoms with Gasteiger partial charge in [-0.25, -0.2) is 4.98 Å². The molecule has 0 amide bonds. The van der Waals surface area contributed by atoms with E-state index in [9.17, 15) is 0 Å². The fraction of sp³-hybridized carbons (Fsp3) is 0.438. The number of benzene rings is 1. The van der Waals surface area contributed by atoms with Crippen LogP contribution in [0.1, 0.15) is 18.4 Å². The van der Waals surface area contributed by atoms with Gasteiger partial charge in [0.05, 0.1) is 24.0 Å². The number of fused-ring (bicyclic) bond motifs is 1. The first-order chi connectivity index (χ1) is 9.88. The quantitative estimate of drug-likeness (QED) is 0.916. The van der Waals surface area contributed by atoms with E-state index in [0.717, 1.165) is 31.3 Å². The van der Waals surface area contributed by atoms with Gasteiger partial charge in [0, 0.05) is 18.0 Å². The molecule has 4 rings (SSSR count). The number of pyridine rings is 1. The molecule has 0 unspecified atom stereocenters. The summed E-state index contributed by atoms with van der Waals surface area (Å²) in [7, 11) is 0. The van der Waals surface area contributed by atoms with Crippen LogP contribution < -0.4 is 5.32 Å². The molecule has 0 spiro atoms. The van der Waals surface area contributed by atoms with E-state index >= 15 is 0 Å². The van der Waals surface area contributed by atoms with Crippen LogP contribution in [0.5, 0.6) is 0 Å². The number of ether oxygens (including phenoxy) is 1. The Morgan fingerprint density at radius 1 is 1.25 bits per heavy atom. The van der Waals surface area contributed by atoms with Gasteiger partial charge in [-0.3, -0.25) is 0 Å². The lowest BCUT2D eigenvalue weighted by molar-refractivity contribution is 0.0454. The van der Waals surface area contributed by atoms with Crippen molar-refractivity contribution < 1.29 is 4.74 Å². The van der Waals surface area contributed by atoms with Crippen molar-refractivity contribution in [2.24, 2.45) is 0 Å². The van der Waals surface area contributed by atoms with Crippen LogP contribution in [0.25, 0.3) is 10.9 Å². The Labute approximate surface area is 123 Å². The number of nitrogens with zero attached hydrogens (tertiary/aromatic N) is 1. The smallest absolute Gasteiger partial charge is 0.102 e. The van der Waals surface area contributed by atoms with Crippen LogP contribution in [0.4, 0.5) is 0 Å². The molecule has 2 aromatic rings. The van der Waals surface area contributed by atoms with E-state index in [4.69, 9.17) is 9.72 Å². The van der Waals surface area contributed by atoms with Gasteiger partial charge in [0.15, 0.2) is 0 Å². The minimum Gasteiger partial charge on any atom is -0.379 e. The molecule has 0 bridgehead atoms. The Morgan fingerprint density at radius 3 is 2.85 bits per heavy atom. The van der Waals surface area contributed by atoms with Crippen LogP contribution in [0.2, 0.25) is 0 Å². The average molecular weight is 286 g/mol. The third-order valence-corrected chi connectivity index (χ3v) is 4.99. The van der Waals surface area contributed by atoms with E-state index in [1.54, 1.807) is 0 Å². The number of hydrogen-bond donors (Lipinski definition) is 1. The zero-order valence-corrected chi connectivity index (χ0v) is 12.2. The fourth-order valence-electron chi connectivity index (χ4n) is 2.35. The highest BCUT2D eigenvalue weighted by atomic mass is 32.2. The van der Waals surface area contributed by atoms with Crippen molar-refractivity contribution >= 4 is 22.7 Å². The highest BCUT2D eigenvalue weighted by molar-refractivity contribution is 8.00. The van der Waals surface area contributed by atoms with Gasteiger partial charge in [0.25, 0.3) is 0 Å². The fourth-order valence-corrected chi connectivity index (χ4v) is 3.43. The van der Waals surface area contributed by atoms with E-state index < -0.39 is 0 Å². The largest absolute Gasteiger partial charge is 0.379 e. The Kier molecular flexibility index (Phi) is 3.38. The Balaban J connectivity index is 1.65. The lowest BCUT2D eigenvalue weighted by Gasteiger charge is -2.25. The molecule has 1 aromatic carbocycles. The van der Waals surface area contributed by atoms with E-state index in [0.29, 0.717) is 5.25 Å². The third kappa shape index (κ3) is 2.68. The molecule has 1 saturated carbocycles. The molecular formula is C16H18N2OS. The molecule has 0 radical (unpaired) electrons. The molecule has 1 saturated heterocycles. The predicted octanol–water partition coefficient (Wildman–Crippen LogP) is 2.98. The number of nitrogens with one attached hydrogen (secondary N) is 1. The van der Waals surface area contributed by atoms with Crippen molar-refractivity contribution in [2.75, 3.05) is 13.2 Å². The van der Waals surface area contributed by atoms with Crippen LogP contribution in [-0.2, 0) is 11.3 Å². The van der Waals surface area contributed by atoms with Gasteiger partial charge in [-0.1, -0.05) is 30.0 Å². The zero-order valence-electron chi connectivity index (χ0n) is 11.3. The average Bonchev–Trinajstić information content (AvgIpc) is 3.24. The number of aromatic nitrogens is 1. The molecule has 20 heavy (non-hydrogen) atoms. The van der Waals surface area contributed by atoms with Crippen LogP contribution >= 0.6 is 11.8 Å². The molecule has 3 nitrogen and oxygen atoms in total. The first-order valence-corrected chi connectivity index (χ1v) is 8.13. The summed E-state index contributed by atoms with van der Waals surface area (Å²) in [5.74, 6) is 0. The summed E-state index contributed by atoms with van der Waals surface area (Å²) in [4.78, 5) is 4.86. The molecular weight excluding hydrogens is 268 g/mol. The minimum atomic E-state index is 0.573. The van der Waals surface area contributed by atoms with Gasteiger partial charge in [0.1, 0.15) is 5.03 Å². The van der Waals surface area contributed by atoms with E-state index in [1.165, 1.54) is 28.8 Å². The zero-order chi connectivity index (χ0) is 13.4. The van der Waals surface area contributed by atoms with Crippen LogP contribution in [0, 0.1) is 0 Å². The van der Waals surface area contributed by atoms with Gasteiger partial charge in [0.2, 0.25) is 0 Å². The SMILES string of the molecule is c1ccc2nc(SC3COC3)c(CNC3CC3)cc2c1. The predicted molar refractivity (Wildman–Crippen MR) is 82.1 cm³/mol. The Morgan fingerprint density at radius 2 is 2.10 bits per heavy atom. The summed E-state index contributed by atoms with van der Waals surface area (Å²) in [6.45, 7) is 2.64. The molecule has 1 aliphatic heterocycles. The highest BCUT2D eigenvalue weighted by Crippen LogP contribution is 2.31. The summed E-state index contributed by atoms with van der Waals surface area (Å²) in [6, 6.07) is 11.4. The maximum atomic E-state index is 5.28. The van der Waals surface area contributed by atoms with Gasteiger partial charge in [-0.15, -0.1) is 0 Å². The van der Waals surface area contributed by atoms with Crippen molar-refractivity contribution in [3.05, 3.63) is 35.9 Å². The van der Waals surface area contributed by atoms with Gasteiger partial charge < -0.3 is 10.1 Å². The Hall–Kier alpha value is -1.10. The maximum absolute atomic E-state index is 5.28. The van der Waals surface area contributed by atoms with Crippen LogP contribution in [0.15, 0.2) is 35.4 Å². The highest BCUT2D eigenvalue weighted by Gasteiger charge is 2.24. The monoisotopic (exact) mass is 286 g/mol. The van der Waals surface area contributed by atoms with Crippen molar-refractivity contribution in [3.8, 4) is 0 Å². The second kappa shape index (κ2) is 5.35. The number of thioether (sulfide) groups is 1. The molecule has 2 fully saturated rings. The molecule has 1 aliphatic carbocycles. The second-order valence-electron chi connectivity index (χ2n) is 5.58. The molecule has 4 heteroatoms. The molecule has 2 heterocycles. The van der Waals surface area contributed by atoms with Crippen LogP contribution in [0.3, 0.4) is 0 Å². The first kappa shape index (κ1) is 12.6. The number of rotatable bonds is 5. The number of hydrogen-bond acceptors (Lipinski definition) is 4. The summed E-state index contributed by atoms with van der Waals surface area (Å²) in [6.07, 6.45) is 2.64. The lowest BCUT2D eigenvalue weighted by atomic mass is 10.1. The van der Waals surface area contributed by atoms with Gasteiger partial charge >= 0.3 is 0 Å². The van der Waals surface area contributed by atoms with Gasteiger partial charge in [-0.05, 0) is 30.5 Å². The van der Waals surface area contributed by atoms with Crippen molar-refractivity contribution in [1.82, 2.24) is 10.3 Å². The van der Waals surface area contributed by atoms with Crippen molar-refractivity contribution in [3.63, 3.8) is 0 Å². The second-order valence-corrected chi connectivity index (χ2v) is 6.87. The van der Waals surface area contributed by atoms with Crippen molar-refractivity contribution in [1.29, 1.82) is 0 Å². The standard InChI is InChI=1S/C16H18N2OS/c1-2-4-15-11(3-1)7-12(8-17-13-5-6-13)16(18-15)20-14-9-19-10-14/h1-4,7,13-14,17H,5-6,8-10H2. The molecule has 2 aliphatic rings. The molecule has 1 N–H and O–H groups in total. The topological polar surface area (TPSA) is 34.1 Å². The third-order valence-electron chi connectivity index (χ3n) is 3.81. The normalized spacial score (nSPS) is 19.2. The molecule has 1 aromatic heterocycles. The summed E-state index contributed by atoms with van der Waals surface area (Å²) < 4.78 is 5.28. The lowest BCUT2D eigenvalue weighted by Crippen LogP contribution is -2.30. The summed E-state index contributed by atoms with van der Waals surface area (Å²) in [5.41, 5.74) is 2.41. The maximum Gasteiger partial charge on any atom is 0.102 e. The van der Waals surface area contributed by atoms with E-state index in [2.05, 4.69) is 35.6 Å². The molecule has 104 valence electrons.